The summed E-state index contributed by atoms with van der Waals surface area (Å²) in [5, 5.41) is 12.8. The Balaban J connectivity index is 1.51. The minimum absolute atomic E-state index is 0.0333. The van der Waals surface area contributed by atoms with E-state index in [2.05, 4.69) is 23.2 Å². The molecule has 2 amide bonds. The first-order valence-corrected chi connectivity index (χ1v) is 9.14. The van der Waals surface area contributed by atoms with Crippen LogP contribution in [0.4, 0.5) is 4.79 Å². The van der Waals surface area contributed by atoms with E-state index in [9.17, 15) is 9.90 Å². The molecule has 0 aromatic heterocycles. The van der Waals surface area contributed by atoms with Crippen molar-refractivity contribution in [2.45, 2.75) is 32.2 Å². The lowest BCUT2D eigenvalue weighted by Crippen LogP contribution is -2.48. The molecular weight excluding hydrogens is 302 g/mol. The zero-order valence-electron chi connectivity index (χ0n) is 14.6. The molecule has 2 aliphatic heterocycles. The molecule has 132 valence electrons. The number of amides is 2. The third-order valence-corrected chi connectivity index (χ3v) is 5.43. The molecule has 1 saturated heterocycles. The fraction of sp³-hybridized carbons (Fsp3) is 0.632. The Hall–Kier alpha value is -1.59. The van der Waals surface area contributed by atoms with Gasteiger partial charge < -0.3 is 20.2 Å². The van der Waals surface area contributed by atoms with Crippen molar-refractivity contribution in [1.82, 2.24) is 15.1 Å². The smallest absolute Gasteiger partial charge is 0.318 e. The van der Waals surface area contributed by atoms with Gasteiger partial charge in [-0.15, -0.1) is 0 Å². The zero-order chi connectivity index (χ0) is 16.9. The third kappa shape index (κ3) is 3.90. The molecule has 0 bridgehead atoms. The van der Waals surface area contributed by atoms with E-state index < -0.39 is 0 Å². The lowest BCUT2D eigenvalue weighted by molar-refractivity contribution is 0.125. The Bertz CT molecular complexity index is 555. The number of aliphatic hydroxyl groups excluding tert-OH is 1. The van der Waals surface area contributed by atoms with E-state index in [-0.39, 0.29) is 18.7 Å². The molecular formula is C19H29N3O2. The number of carbonyl (C=O) groups is 1. The first kappa shape index (κ1) is 17.2. The molecule has 0 aliphatic carbocycles. The molecule has 3 rings (SSSR count). The number of aliphatic hydroxyl groups is 1. The number of benzene rings is 1. The van der Waals surface area contributed by atoms with Crippen molar-refractivity contribution in [3.05, 3.63) is 35.4 Å². The molecule has 0 saturated carbocycles. The second-order valence-electron chi connectivity index (χ2n) is 7.10. The highest BCUT2D eigenvalue weighted by molar-refractivity contribution is 5.75. The minimum Gasteiger partial charge on any atom is -0.394 e. The van der Waals surface area contributed by atoms with Crippen LogP contribution in [-0.4, -0.2) is 60.3 Å². The Morgan fingerprint density at radius 1 is 1.25 bits per heavy atom. The van der Waals surface area contributed by atoms with Crippen molar-refractivity contribution >= 4 is 6.03 Å². The molecule has 0 radical (unpaired) electrons. The van der Waals surface area contributed by atoms with E-state index >= 15 is 0 Å². The van der Waals surface area contributed by atoms with Gasteiger partial charge in [0.05, 0.1) is 12.6 Å². The first-order chi connectivity index (χ1) is 11.7. The van der Waals surface area contributed by atoms with Crippen LogP contribution in [0.3, 0.4) is 0 Å². The van der Waals surface area contributed by atoms with Crippen molar-refractivity contribution < 1.29 is 9.90 Å². The third-order valence-electron chi connectivity index (χ3n) is 5.43. The van der Waals surface area contributed by atoms with Crippen LogP contribution in [0.15, 0.2) is 24.3 Å². The lowest BCUT2D eigenvalue weighted by atomic mass is 9.93. The van der Waals surface area contributed by atoms with Gasteiger partial charge in [-0.2, -0.15) is 0 Å². The van der Waals surface area contributed by atoms with Crippen molar-refractivity contribution in [1.29, 1.82) is 0 Å². The summed E-state index contributed by atoms with van der Waals surface area (Å²) in [6, 6.07) is 7.80. The Morgan fingerprint density at radius 2 is 2.00 bits per heavy atom. The molecule has 1 fully saturated rings. The maximum Gasteiger partial charge on any atom is 0.318 e. The summed E-state index contributed by atoms with van der Waals surface area (Å²) in [7, 11) is 0. The van der Waals surface area contributed by atoms with Gasteiger partial charge in [-0.05, 0) is 49.4 Å². The van der Waals surface area contributed by atoms with Crippen LogP contribution < -0.4 is 5.32 Å². The number of carbonyl (C=O) groups excluding carboxylic acids is 1. The number of fused-ring (bicyclic) bond motifs is 1. The van der Waals surface area contributed by atoms with Gasteiger partial charge in [0.15, 0.2) is 0 Å². The van der Waals surface area contributed by atoms with Crippen LogP contribution in [-0.2, 0) is 6.42 Å². The maximum absolute atomic E-state index is 12.6. The first-order valence-electron chi connectivity index (χ1n) is 9.14. The average molecular weight is 331 g/mol. The largest absolute Gasteiger partial charge is 0.394 e. The Morgan fingerprint density at radius 3 is 2.75 bits per heavy atom. The molecule has 0 spiro atoms. The highest BCUT2D eigenvalue weighted by Crippen LogP contribution is 2.29. The monoisotopic (exact) mass is 331 g/mol. The standard InChI is InChI=1S/C19H29N3O2/c1-15-6-10-21(11-7-15)13-9-20-19(24)22-12-8-16-4-2-3-5-17(16)18(22)14-23/h2-5,15,18,23H,6-14H2,1H3,(H,20,24). The van der Waals surface area contributed by atoms with E-state index in [0.717, 1.165) is 37.5 Å². The molecule has 1 atom stereocenters. The summed E-state index contributed by atoms with van der Waals surface area (Å²) in [6.07, 6.45) is 3.36. The minimum atomic E-state index is -0.231. The number of nitrogens with zero attached hydrogens (tertiary/aromatic N) is 2. The summed E-state index contributed by atoms with van der Waals surface area (Å²) in [6.45, 7) is 6.78. The average Bonchev–Trinajstić information content (AvgIpc) is 2.62. The normalized spacial score (nSPS) is 22.2. The summed E-state index contributed by atoms with van der Waals surface area (Å²) >= 11 is 0. The summed E-state index contributed by atoms with van der Waals surface area (Å²) < 4.78 is 0. The summed E-state index contributed by atoms with van der Waals surface area (Å²) in [5.41, 5.74) is 2.31. The van der Waals surface area contributed by atoms with Crippen molar-refractivity contribution in [3.63, 3.8) is 0 Å². The van der Waals surface area contributed by atoms with Gasteiger partial charge in [-0.3, -0.25) is 0 Å². The van der Waals surface area contributed by atoms with Gasteiger partial charge in [0.25, 0.3) is 0 Å². The molecule has 1 aromatic carbocycles. The van der Waals surface area contributed by atoms with E-state index in [4.69, 9.17) is 0 Å². The highest BCUT2D eigenvalue weighted by Gasteiger charge is 2.30. The molecule has 2 N–H and O–H groups in total. The van der Waals surface area contributed by atoms with Crippen LogP contribution >= 0.6 is 0 Å². The molecule has 1 aromatic rings. The van der Waals surface area contributed by atoms with Gasteiger partial charge in [0.2, 0.25) is 0 Å². The summed E-state index contributed by atoms with van der Waals surface area (Å²) in [5.74, 6) is 0.828. The molecule has 1 unspecified atom stereocenters. The number of urea groups is 1. The van der Waals surface area contributed by atoms with Crippen LogP contribution in [0.5, 0.6) is 0 Å². The highest BCUT2D eigenvalue weighted by atomic mass is 16.3. The second kappa shape index (κ2) is 7.99. The number of hydrogen-bond acceptors (Lipinski definition) is 3. The number of piperidine rings is 1. The predicted molar refractivity (Wildman–Crippen MR) is 94.9 cm³/mol. The molecule has 5 nitrogen and oxygen atoms in total. The topological polar surface area (TPSA) is 55.8 Å². The molecule has 5 heteroatoms. The summed E-state index contributed by atoms with van der Waals surface area (Å²) in [4.78, 5) is 16.8. The second-order valence-corrected chi connectivity index (χ2v) is 7.10. The van der Waals surface area contributed by atoms with Crippen LogP contribution in [0.2, 0.25) is 0 Å². The Labute approximate surface area is 144 Å². The van der Waals surface area contributed by atoms with Crippen LogP contribution in [0, 0.1) is 5.92 Å². The fourth-order valence-electron chi connectivity index (χ4n) is 3.80. The van der Waals surface area contributed by atoms with Gasteiger partial charge >= 0.3 is 6.03 Å². The van der Waals surface area contributed by atoms with Crippen LogP contribution in [0.25, 0.3) is 0 Å². The van der Waals surface area contributed by atoms with E-state index in [0.29, 0.717) is 13.1 Å². The van der Waals surface area contributed by atoms with E-state index in [1.165, 1.54) is 18.4 Å². The fourth-order valence-corrected chi connectivity index (χ4v) is 3.80. The quantitative estimate of drug-likeness (QED) is 0.887. The van der Waals surface area contributed by atoms with Crippen LogP contribution in [0.1, 0.15) is 36.9 Å². The van der Waals surface area contributed by atoms with Crippen molar-refractivity contribution in [2.24, 2.45) is 5.92 Å². The van der Waals surface area contributed by atoms with E-state index in [1.54, 1.807) is 4.90 Å². The van der Waals surface area contributed by atoms with Gasteiger partial charge in [0.1, 0.15) is 0 Å². The van der Waals surface area contributed by atoms with E-state index in [1.807, 2.05) is 18.2 Å². The molecule has 24 heavy (non-hydrogen) atoms. The zero-order valence-corrected chi connectivity index (χ0v) is 14.6. The van der Waals surface area contributed by atoms with Crippen molar-refractivity contribution in [3.8, 4) is 0 Å². The molecule has 2 aliphatic rings. The maximum atomic E-state index is 12.6. The van der Waals surface area contributed by atoms with Gasteiger partial charge in [-0.25, -0.2) is 4.79 Å². The lowest BCUT2D eigenvalue weighted by Gasteiger charge is -2.36. The van der Waals surface area contributed by atoms with Gasteiger partial charge in [0, 0.05) is 19.6 Å². The SMILES string of the molecule is CC1CCN(CCNC(=O)N2CCc3ccccc3C2CO)CC1. The molecule has 2 heterocycles. The van der Waals surface area contributed by atoms with Crippen molar-refractivity contribution in [2.75, 3.05) is 39.3 Å². The number of likely N-dealkylation sites (tertiary alicyclic amines) is 1. The number of rotatable bonds is 4. The van der Waals surface area contributed by atoms with Gasteiger partial charge in [-0.1, -0.05) is 31.2 Å². The number of nitrogens with one attached hydrogen (secondary N) is 1. The Kier molecular flexibility index (Phi) is 5.74. The predicted octanol–water partition coefficient (Wildman–Crippen LogP) is 2.02. The number of hydrogen-bond donors (Lipinski definition) is 2.